The van der Waals surface area contributed by atoms with Crippen LogP contribution >= 0.6 is 0 Å². The number of hydrogen-bond donors (Lipinski definition) is 1. The van der Waals surface area contributed by atoms with Crippen LogP contribution in [0.25, 0.3) is 0 Å². The van der Waals surface area contributed by atoms with Crippen molar-refractivity contribution >= 4 is 11.9 Å². The van der Waals surface area contributed by atoms with E-state index >= 15 is 0 Å². The smallest absolute Gasteiger partial charge is 0.306 e. The number of rotatable bonds is 6. The first-order valence-corrected chi connectivity index (χ1v) is 7.95. The molecule has 0 saturated heterocycles. The molecule has 0 spiro atoms. The lowest BCUT2D eigenvalue weighted by molar-refractivity contribution is -0.145. The Morgan fingerprint density at radius 2 is 2.05 bits per heavy atom. The monoisotopic (exact) mass is 295 g/mol. The van der Waals surface area contributed by atoms with E-state index in [2.05, 4.69) is 6.08 Å². The third-order valence-corrected chi connectivity index (χ3v) is 4.45. The van der Waals surface area contributed by atoms with Crippen molar-refractivity contribution in [2.24, 2.45) is 5.92 Å². The van der Waals surface area contributed by atoms with Crippen molar-refractivity contribution in [1.82, 2.24) is 4.90 Å². The summed E-state index contributed by atoms with van der Waals surface area (Å²) in [5, 5.41) is 8.96. The molecule has 0 aromatic heterocycles. The van der Waals surface area contributed by atoms with Gasteiger partial charge < -0.3 is 14.7 Å². The normalized spacial score (nSPS) is 25.5. The van der Waals surface area contributed by atoms with Gasteiger partial charge in [0.2, 0.25) is 0 Å². The molecule has 1 saturated carbocycles. The first-order chi connectivity index (χ1) is 10.1. The van der Waals surface area contributed by atoms with Gasteiger partial charge in [-0.05, 0) is 51.9 Å². The minimum atomic E-state index is -0.713. The van der Waals surface area contributed by atoms with E-state index in [1.54, 1.807) is 0 Å². The fourth-order valence-corrected chi connectivity index (χ4v) is 3.18. The minimum absolute atomic E-state index is 0.0195. The maximum absolute atomic E-state index is 12.2. The number of hydrogen-bond acceptors (Lipinski definition) is 3. The Kier molecular flexibility index (Phi) is 5.79. The molecule has 0 aromatic rings. The fourth-order valence-electron chi connectivity index (χ4n) is 3.18. The van der Waals surface area contributed by atoms with Crippen LogP contribution in [-0.4, -0.2) is 41.1 Å². The average Bonchev–Trinajstić information content (AvgIpc) is 3.00. The number of carboxylic acid groups (broad SMARTS) is 1. The molecule has 5 nitrogen and oxygen atoms in total. The Morgan fingerprint density at radius 3 is 2.57 bits per heavy atom. The molecule has 5 heteroatoms. The maximum Gasteiger partial charge on any atom is 0.306 e. The second-order valence-corrected chi connectivity index (χ2v) is 5.85. The SMILES string of the molecule is CCN(C(=O)COC1CCC(C(=O)O)CC1)C1=CCCC1. The van der Waals surface area contributed by atoms with Crippen LogP contribution in [0.4, 0.5) is 0 Å². The van der Waals surface area contributed by atoms with Gasteiger partial charge in [-0.2, -0.15) is 0 Å². The van der Waals surface area contributed by atoms with Crippen LogP contribution in [-0.2, 0) is 14.3 Å². The topological polar surface area (TPSA) is 66.8 Å². The van der Waals surface area contributed by atoms with Gasteiger partial charge in [0.05, 0.1) is 12.0 Å². The molecule has 0 unspecified atom stereocenters. The summed E-state index contributed by atoms with van der Waals surface area (Å²) >= 11 is 0. The van der Waals surface area contributed by atoms with E-state index in [0.717, 1.165) is 37.8 Å². The summed E-state index contributed by atoms with van der Waals surface area (Å²) in [4.78, 5) is 25.0. The van der Waals surface area contributed by atoms with Crippen LogP contribution in [0.15, 0.2) is 11.8 Å². The van der Waals surface area contributed by atoms with Crippen LogP contribution < -0.4 is 0 Å². The van der Waals surface area contributed by atoms with Crippen molar-refractivity contribution in [1.29, 1.82) is 0 Å². The molecule has 0 radical (unpaired) electrons. The summed E-state index contributed by atoms with van der Waals surface area (Å²) < 4.78 is 5.70. The Bertz CT molecular complexity index is 411. The van der Waals surface area contributed by atoms with Crippen molar-refractivity contribution in [3.63, 3.8) is 0 Å². The molecule has 21 heavy (non-hydrogen) atoms. The van der Waals surface area contributed by atoms with Crippen molar-refractivity contribution < 1.29 is 19.4 Å². The molecule has 0 bridgehead atoms. The fraction of sp³-hybridized carbons (Fsp3) is 0.750. The molecule has 2 rings (SSSR count). The van der Waals surface area contributed by atoms with E-state index < -0.39 is 5.97 Å². The van der Waals surface area contributed by atoms with Crippen molar-refractivity contribution in [2.45, 2.75) is 58.0 Å². The Hall–Kier alpha value is -1.36. The van der Waals surface area contributed by atoms with E-state index in [9.17, 15) is 9.59 Å². The number of nitrogens with zero attached hydrogens (tertiary/aromatic N) is 1. The average molecular weight is 295 g/mol. The zero-order valence-corrected chi connectivity index (χ0v) is 12.7. The van der Waals surface area contributed by atoms with Gasteiger partial charge in [-0.3, -0.25) is 9.59 Å². The van der Waals surface area contributed by atoms with E-state index in [0.29, 0.717) is 19.4 Å². The predicted molar refractivity (Wildman–Crippen MR) is 78.7 cm³/mol. The third kappa shape index (κ3) is 4.30. The molecule has 1 fully saturated rings. The first kappa shape index (κ1) is 16.0. The second-order valence-electron chi connectivity index (χ2n) is 5.85. The zero-order chi connectivity index (χ0) is 15.2. The minimum Gasteiger partial charge on any atom is -0.481 e. The van der Waals surface area contributed by atoms with Gasteiger partial charge in [-0.25, -0.2) is 0 Å². The summed E-state index contributed by atoms with van der Waals surface area (Å²) in [6.07, 6.45) is 8.09. The number of ether oxygens (including phenoxy) is 1. The third-order valence-electron chi connectivity index (χ3n) is 4.45. The standard InChI is InChI=1S/C16H25NO4/c1-2-17(13-5-3-4-6-13)15(18)11-21-14-9-7-12(8-10-14)16(19)20/h5,12,14H,2-4,6-11H2,1H3,(H,19,20). The zero-order valence-electron chi connectivity index (χ0n) is 12.7. The van der Waals surface area contributed by atoms with E-state index in [1.807, 2.05) is 11.8 Å². The highest BCUT2D eigenvalue weighted by Gasteiger charge is 2.27. The Morgan fingerprint density at radius 1 is 1.33 bits per heavy atom. The predicted octanol–water partition coefficient (Wildman–Crippen LogP) is 2.56. The lowest BCUT2D eigenvalue weighted by Gasteiger charge is -2.27. The molecule has 2 aliphatic rings. The largest absolute Gasteiger partial charge is 0.481 e. The van der Waals surface area contributed by atoms with Crippen molar-refractivity contribution in [3.8, 4) is 0 Å². The molecule has 0 aliphatic heterocycles. The molecular weight excluding hydrogens is 270 g/mol. The lowest BCUT2D eigenvalue weighted by atomic mass is 9.87. The summed E-state index contributed by atoms with van der Waals surface area (Å²) in [5.41, 5.74) is 1.13. The van der Waals surface area contributed by atoms with E-state index in [1.165, 1.54) is 0 Å². The highest BCUT2D eigenvalue weighted by Crippen LogP contribution is 2.27. The summed E-state index contributed by atoms with van der Waals surface area (Å²) in [6.45, 7) is 2.77. The Balaban J connectivity index is 1.75. The highest BCUT2D eigenvalue weighted by atomic mass is 16.5. The molecular formula is C16H25NO4. The lowest BCUT2D eigenvalue weighted by Crippen LogP contribution is -2.35. The molecule has 2 aliphatic carbocycles. The maximum atomic E-state index is 12.2. The number of carbonyl (C=O) groups excluding carboxylic acids is 1. The second kappa shape index (κ2) is 7.59. The van der Waals surface area contributed by atoms with Crippen molar-refractivity contribution in [3.05, 3.63) is 11.8 Å². The van der Waals surface area contributed by atoms with Crippen LogP contribution in [0.2, 0.25) is 0 Å². The number of carboxylic acids is 1. The quantitative estimate of drug-likeness (QED) is 0.818. The first-order valence-electron chi connectivity index (χ1n) is 7.95. The number of allylic oxidation sites excluding steroid dienone is 2. The van der Waals surface area contributed by atoms with Crippen LogP contribution in [0.1, 0.15) is 51.9 Å². The van der Waals surface area contributed by atoms with Crippen molar-refractivity contribution in [2.75, 3.05) is 13.2 Å². The van der Waals surface area contributed by atoms with Gasteiger partial charge in [0.25, 0.3) is 5.91 Å². The van der Waals surface area contributed by atoms with Gasteiger partial charge >= 0.3 is 5.97 Å². The van der Waals surface area contributed by atoms with E-state index in [-0.39, 0.29) is 24.5 Å². The van der Waals surface area contributed by atoms with Gasteiger partial charge in [0.1, 0.15) is 6.61 Å². The van der Waals surface area contributed by atoms with Gasteiger partial charge in [0, 0.05) is 12.2 Å². The van der Waals surface area contributed by atoms with Crippen LogP contribution in [0.3, 0.4) is 0 Å². The van der Waals surface area contributed by atoms with Gasteiger partial charge in [-0.15, -0.1) is 0 Å². The highest BCUT2D eigenvalue weighted by molar-refractivity contribution is 5.79. The molecule has 1 amide bonds. The van der Waals surface area contributed by atoms with Gasteiger partial charge in [-0.1, -0.05) is 6.08 Å². The number of carbonyl (C=O) groups is 2. The summed E-state index contributed by atoms with van der Waals surface area (Å²) in [5.74, 6) is -0.933. The summed E-state index contributed by atoms with van der Waals surface area (Å²) in [6, 6.07) is 0. The summed E-state index contributed by atoms with van der Waals surface area (Å²) in [7, 11) is 0. The van der Waals surface area contributed by atoms with Crippen LogP contribution in [0, 0.1) is 5.92 Å². The number of aliphatic carboxylic acids is 1. The molecule has 0 heterocycles. The molecule has 0 aromatic carbocycles. The molecule has 1 N–H and O–H groups in total. The number of amides is 1. The van der Waals surface area contributed by atoms with Crippen LogP contribution in [0.5, 0.6) is 0 Å². The Labute approximate surface area is 126 Å². The molecule has 0 atom stereocenters. The molecule has 118 valence electrons. The van der Waals surface area contributed by atoms with E-state index in [4.69, 9.17) is 9.84 Å². The number of likely N-dealkylation sites (N-methyl/N-ethyl adjacent to an activating group) is 1. The van der Waals surface area contributed by atoms with Gasteiger partial charge in [0.15, 0.2) is 0 Å².